The third-order valence-corrected chi connectivity index (χ3v) is 7.64. The summed E-state index contributed by atoms with van der Waals surface area (Å²) in [6, 6.07) is 0. The van der Waals surface area contributed by atoms with Crippen LogP contribution in [0.4, 0.5) is 0 Å². The fraction of sp³-hybridized carbons (Fsp3) is 0.889. The van der Waals surface area contributed by atoms with Gasteiger partial charge in [0.05, 0.1) is 12.7 Å². The van der Waals surface area contributed by atoms with E-state index in [9.17, 15) is 9.59 Å². The summed E-state index contributed by atoms with van der Waals surface area (Å²) in [5, 5.41) is 0. The zero-order chi connectivity index (χ0) is 14.6. The number of ketones is 2. The van der Waals surface area contributed by atoms with Gasteiger partial charge in [-0.3, -0.25) is 9.59 Å². The van der Waals surface area contributed by atoms with Crippen molar-refractivity contribution in [2.75, 3.05) is 6.61 Å². The molecule has 5 atom stereocenters. The zero-order valence-electron chi connectivity index (χ0n) is 12.7. The van der Waals surface area contributed by atoms with E-state index in [0.717, 1.165) is 37.0 Å². The van der Waals surface area contributed by atoms with Gasteiger partial charge < -0.3 is 9.47 Å². The molecule has 7 aliphatic rings. The van der Waals surface area contributed by atoms with E-state index in [1.54, 1.807) is 0 Å². The lowest BCUT2D eigenvalue weighted by Gasteiger charge is -2.56. The van der Waals surface area contributed by atoms with Crippen LogP contribution in [0.2, 0.25) is 0 Å². The highest BCUT2D eigenvalue weighted by molar-refractivity contribution is 6.00. The SMILES string of the molecule is O=C1[C@@H]2OC[C@H](O2)[C@@H]2[C@H](C(=O)C34CC5CC(CC(C5)C3)C4)[C@H]12. The van der Waals surface area contributed by atoms with E-state index < -0.39 is 6.29 Å². The highest BCUT2D eigenvalue weighted by Gasteiger charge is 2.71. The lowest BCUT2D eigenvalue weighted by molar-refractivity contribution is -0.154. The second-order valence-electron chi connectivity index (χ2n) is 8.93. The van der Waals surface area contributed by atoms with Gasteiger partial charge in [-0.05, 0) is 56.3 Å². The first-order chi connectivity index (χ1) is 10.6. The van der Waals surface area contributed by atoms with Crippen LogP contribution in [0.15, 0.2) is 0 Å². The molecule has 5 aliphatic carbocycles. The molecule has 7 rings (SSSR count). The van der Waals surface area contributed by atoms with Crippen LogP contribution in [0.25, 0.3) is 0 Å². The predicted octanol–water partition coefficient (Wildman–Crippen LogP) is 1.96. The average Bonchev–Trinajstić information content (AvgIpc) is 3.07. The van der Waals surface area contributed by atoms with E-state index in [2.05, 4.69) is 0 Å². The summed E-state index contributed by atoms with van der Waals surface area (Å²) in [5.41, 5.74) is -0.0723. The molecule has 0 amide bonds. The molecule has 0 aromatic heterocycles. The van der Waals surface area contributed by atoms with Crippen molar-refractivity contribution in [1.82, 2.24) is 0 Å². The number of carbonyl (C=O) groups is 2. The fourth-order valence-electron chi connectivity index (χ4n) is 7.20. The van der Waals surface area contributed by atoms with Crippen molar-refractivity contribution in [3.63, 3.8) is 0 Å². The monoisotopic (exact) mass is 302 g/mol. The van der Waals surface area contributed by atoms with E-state index in [1.165, 1.54) is 19.3 Å². The smallest absolute Gasteiger partial charge is 0.218 e. The van der Waals surface area contributed by atoms with Crippen molar-refractivity contribution in [1.29, 1.82) is 0 Å². The van der Waals surface area contributed by atoms with E-state index in [4.69, 9.17) is 9.47 Å². The molecule has 118 valence electrons. The standard InChI is InChI=1S/C18H22O4/c19-15-13-12(11-7-21-17(15)22-11)14(13)16(20)18-4-8-1-9(5-18)3-10(2-8)6-18/h8-14,17H,1-7H2/t8?,9?,10?,11-,12-,13+,14-,17+,18?/m0/s1. The van der Waals surface area contributed by atoms with Crippen LogP contribution in [0.1, 0.15) is 38.5 Å². The lowest BCUT2D eigenvalue weighted by atomic mass is 9.48. The zero-order valence-corrected chi connectivity index (χ0v) is 12.7. The molecular weight excluding hydrogens is 280 g/mol. The Morgan fingerprint density at radius 3 is 2.32 bits per heavy atom. The quantitative estimate of drug-likeness (QED) is 0.782. The normalized spacial score (nSPS) is 60.5. The van der Waals surface area contributed by atoms with E-state index >= 15 is 0 Å². The second-order valence-corrected chi connectivity index (χ2v) is 8.93. The Hall–Kier alpha value is -0.740. The number of hydrogen-bond donors (Lipinski definition) is 0. The predicted molar refractivity (Wildman–Crippen MR) is 75.7 cm³/mol. The lowest BCUT2D eigenvalue weighted by Crippen LogP contribution is -2.50. The highest BCUT2D eigenvalue weighted by atomic mass is 16.7. The number of ether oxygens (including phenoxy) is 2. The number of Topliss-reactive ketones (excluding diaryl/α,β-unsaturated/α-hetero) is 2. The molecule has 2 aliphatic heterocycles. The van der Waals surface area contributed by atoms with Crippen molar-refractivity contribution in [3.05, 3.63) is 0 Å². The molecule has 2 heterocycles. The van der Waals surface area contributed by atoms with Gasteiger partial charge in [0, 0.05) is 23.2 Å². The largest absolute Gasteiger partial charge is 0.343 e. The molecule has 2 saturated heterocycles. The molecule has 0 aromatic rings. The maximum absolute atomic E-state index is 13.4. The van der Waals surface area contributed by atoms with Gasteiger partial charge in [0.1, 0.15) is 5.78 Å². The number of hydrogen-bond acceptors (Lipinski definition) is 4. The van der Waals surface area contributed by atoms with E-state index in [0.29, 0.717) is 12.4 Å². The van der Waals surface area contributed by atoms with Crippen LogP contribution in [-0.4, -0.2) is 30.6 Å². The molecule has 7 fully saturated rings. The molecular formula is C18H22O4. The van der Waals surface area contributed by atoms with Gasteiger partial charge in [-0.25, -0.2) is 0 Å². The summed E-state index contributed by atoms with van der Waals surface area (Å²) < 4.78 is 11.0. The average molecular weight is 302 g/mol. The molecule has 4 heteroatoms. The minimum Gasteiger partial charge on any atom is -0.343 e. The molecule has 0 spiro atoms. The van der Waals surface area contributed by atoms with E-state index in [-0.39, 0.29) is 35.1 Å². The molecule has 4 nitrogen and oxygen atoms in total. The van der Waals surface area contributed by atoms with Crippen molar-refractivity contribution >= 4 is 11.6 Å². The first-order valence-corrected chi connectivity index (χ1v) is 9.00. The summed E-state index contributed by atoms with van der Waals surface area (Å²) in [7, 11) is 0. The molecule has 0 N–H and O–H groups in total. The molecule has 6 bridgehead atoms. The van der Waals surface area contributed by atoms with Crippen molar-refractivity contribution < 1.29 is 19.1 Å². The Morgan fingerprint density at radius 2 is 1.68 bits per heavy atom. The summed E-state index contributed by atoms with van der Waals surface area (Å²) in [5.74, 6) is 2.84. The van der Waals surface area contributed by atoms with Crippen molar-refractivity contribution in [2.24, 2.45) is 40.9 Å². The van der Waals surface area contributed by atoms with Crippen molar-refractivity contribution in [3.8, 4) is 0 Å². The van der Waals surface area contributed by atoms with Gasteiger partial charge in [-0.15, -0.1) is 0 Å². The molecule has 22 heavy (non-hydrogen) atoms. The summed E-state index contributed by atoms with van der Waals surface area (Å²) in [6.07, 6.45) is 6.70. The van der Waals surface area contributed by atoms with E-state index in [1.807, 2.05) is 0 Å². The fourth-order valence-corrected chi connectivity index (χ4v) is 7.20. The Kier molecular flexibility index (Phi) is 2.21. The van der Waals surface area contributed by atoms with Gasteiger partial charge >= 0.3 is 0 Å². The summed E-state index contributed by atoms with van der Waals surface area (Å²) in [6.45, 7) is 0.502. The van der Waals surface area contributed by atoms with Crippen LogP contribution < -0.4 is 0 Å². The third-order valence-electron chi connectivity index (χ3n) is 7.64. The van der Waals surface area contributed by atoms with Crippen LogP contribution in [0, 0.1) is 40.9 Å². The van der Waals surface area contributed by atoms with Gasteiger partial charge in [0.2, 0.25) is 6.29 Å². The van der Waals surface area contributed by atoms with Gasteiger partial charge in [0.15, 0.2) is 5.78 Å². The van der Waals surface area contributed by atoms with Crippen LogP contribution in [0.5, 0.6) is 0 Å². The summed E-state index contributed by atoms with van der Waals surface area (Å²) >= 11 is 0. The van der Waals surface area contributed by atoms with Gasteiger partial charge in [-0.1, -0.05) is 0 Å². The Morgan fingerprint density at radius 1 is 1.05 bits per heavy atom. The number of fused-ring (bicyclic) bond motifs is 4. The maximum atomic E-state index is 13.4. The topological polar surface area (TPSA) is 52.6 Å². The van der Waals surface area contributed by atoms with Gasteiger partial charge in [-0.2, -0.15) is 0 Å². The highest BCUT2D eigenvalue weighted by Crippen LogP contribution is 2.65. The van der Waals surface area contributed by atoms with Crippen LogP contribution in [-0.2, 0) is 19.1 Å². The minimum atomic E-state index is -0.666. The number of carbonyl (C=O) groups excluding carboxylic acids is 2. The van der Waals surface area contributed by atoms with Crippen LogP contribution >= 0.6 is 0 Å². The molecule has 0 unspecified atom stereocenters. The molecule has 0 aromatic carbocycles. The van der Waals surface area contributed by atoms with Crippen LogP contribution in [0.3, 0.4) is 0 Å². The molecule has 0 radical (unpaired) electrons. The number of rotatable bonds is 2. The third kappa shape index (κ3) is 1.42. The van der Waals surface area contributed by atoms with Crippen molar-refractivity contribution in [2.45, 2.75) is 50.9 Å². The molecule has 5 saturated carbocycles. The maximum Gasteiger partial charge on any atom is 0.218 e. The minimum absolute atomic E-state index is 0.00411. The Bertz CT molecular complexity index is 546. The Balaban J connectivity index is 1.31. The Labute approximate surface area is 129 Å². The summed E-state index contributed by atoms with van der Waals surface area (Å²) in [4.78, 5) is 25.8. The van der Waals surface area contributed by atoms with Gasteiger partial charge in [0.25, 0.3) is 0 Å². The first-order valence-electron chi connectivity index (χ1n) is 9.00. The second kappa shape index (κ2) is 3.84. The first kappa shape index (κ1) is 12.7.